The lowest BCUT2D eigenvalue weighted by Gasteiger charge is -1.81. The van der Waals surface area contributed by atoms with Crippen LogP contribution in [0.1, 0.15) is 0 Å². The molecule has 4 nitrogen and oxygen atoms in total. The number of para-hydroxylation sites is 2. The molecular formula is C9H12N2O2S. The van der Waals surface area contributed by atoms with Crippen LogP contribution in [-0.4, -0.2) is 30.9 Å². The second-order valence-electron chi connectivity index (χ2n) is 3.06. The van der Waals surface area contributed by atoms with E-state index in [4.69, 9.17) is 0 Å². The molecule has 1 N–H and O–H groups in total. The first kappa shape index (κ1) is 10.7. The third kappa shape index (κ3) is 4.04. The average molecular weight is 212 g/mol. The number of aromatic nitrogens is 2. The molecule has 2 rings (SSSR count). The highest BCUT2D eigenvalue weighted by atomic mass is 32.2. The van der Waals surface area contributed by atoms with Crippen molar-refractivity contribution in [3.8, 4) is 0 Å². The van der Waals surface area contributed by atoms with Crippen LogP contribution in [0.15, 0.2) is 30.6 Å². The smallest absolute Gasteiger partial charge is 0.144 e. The van der Waals surface area contributed by atoms with Crippen LogP contribution in [0.5, 0.6) is 0 Å². The summed E-state index contributed by atoms with van der Waals surface area (Å²) in [4.78, 5) is 7.07. The van der Waals surface area contributed by atoms with Gasteiger partial charge < -0.3 is 4.98 Å². The summed E-state index contributed by atoms with van der Waals surface area (Å²) < 4.78 is 19.3. The van der Waals surface area contributed by atoms with Gasteiger partial charge in [0, 0.05) is 12.5 Å². The highest BCUT2D eigenvalue weighted by Gasteiger charge is 1.88. The number of aromatic amines is 1. The summed E-state index contributed by atoms with van der Waals surface area (Å²) in [6, 6.07) is 7.94. The minimum absolute atomic E-state index is 1.03. The maximum Gasteiger partial charge on any atom is 0.144 e. The van der Waals surface area contributed by atoms with Gasteiger partial charge in [-0.05, 0) is 12.1 Å². The minimum atomic E-state index is -2.67. The number of nitrogens with one attached hydrogen (secondary N) is 1. The Morgan fingerprint density at radius 2 is 1.79 bits per heavy atom. The molecule has 0 bridgehead atoms. The van der Waals surface area contributed by atoms with E-state index < -0.39 is 9.84 Å². The Labute approximate surface area is 82.9 Å². The Balaban J connectivity index is 0.000000171. The highest BCUT2D eigenvalue weighted by molar-refractivity contribution is 7.89. The Morgan fingerprint density at radius 3 is 2.36 bits per heavy atom. The second-order valence-corrected chi connectivity index (χ2v) is 5.35. The summed E-state index contributed by atoms with van der Waals surface area (Å²) in [5.41, 5.74) is 2.12. The fourth-order valence-electron chi connectivity index (χ4n) is 0.880. The van der Waals surface area contributed by atoms with Gasteiger partial charge in [-0.3, -0.25) is 0 Å². The van der Waals surface area contributed by atoms with Crippen LogP contribution in [0.3, 0.4) is 0 Å². The molecule has 0 aliphatic heterocycles. The first-order valence-corrected chi connectivity index (χ1v) is 6.30. The van der Waals surface area contributed by atoms with Crippen molar-refractivity contribution >= 4 is 20.9 Å². The van der Waals surface area contributed by atoms with Crippen molar-refractivity contribution in [2.45, 2.75) is 0 Å². The van der Waals surface area contributed by atoms with Crippen molar-refractivity contribution in [2.75, 3.05) is 12.5 Å². The van der Waals surface area contributed by atoms with Crippen LogP contribution in [0.25, 0.3) is 11.0 Å². The van der Waals surface area contributed by atoms with Crippen molar-refractivity contribution in [2.24, 2.45) is 0 Å². The molecular weight excluding hydrogens is 200 g/mol. The van der Waals surface area contributed by atoms with Crippen molar-refractivity contribution in [1.29, 1.82) is 0 Å². The number of benzene rings is 1. The molecule has 0 radical (unpaired) electrons. The highest BCUT2D eigenvalue weighted by Crippen LogP contribution is 2.05. The summed E-state index contributed by atoms with van der Waals surface area (Å²) in [5, 5.41) is 0. The zero-order valence-corrected chi connectivity index (χ0v) is 8.88. The summed E-state index contributed by atoms with van der Waals surface area (Å²) in [5.74, 6) is 0. The van der Waals surface area contributed by atoms with E-state index in [1.165, 1.54) is 0 Å². The predicted octanol–water partition coefficient (Wildman–Crippen LogP) is 1.22. The summed E-state index contributed by atoms with van der Waals surface area (Å²) in [7, 11) is -2.67. The molecule has 5 heteroatoms. The molecule has 1 heterocycles. The van der Waals surface area contributed by atoms with E-state index in [2.05, 4.69) is 9.97 Å². The largest absolute Gasteiger partial charge is 0.345 e. The van der Waals surface area contributed by atoms with E-state index in [0.29, 0.717) is 0 Å². The van der Waals surface area contributed by atoms with E-state index in [1.54, 1.807) is 6.33 Å². The molecule has 2 aromatic rings. The lowest BCUT2D eigenvalue weighted by Crippen LogP contribution is -1.86. The second kappa shape index (κ2) is 4.23. The van der Waals surface area contributed by atoms with Crippen molar-refractivity contribution in [3.05, 3.63) is 30.6 Å². The maximum absolute atomic E-state index is 9.63. The van der Waals surface area contributed by atoms with Gasteiger partial charge in [-0.25, -0.2) is 13.4 Å². The zero-order chi connectivity index (χ0) is 10.6. The number of H-pyrrole nitrogens is 1. The Bertz CT molecular complexity index is 464. The molecule has 0 atom stereocenters. The van der Waals surface area contributed by atoms with Crippen LogP contribution < -0.4 is 0 Å². The van der Waals surface area contributed by atoms with E-state index in [-0.39, 0.29) is 0 Å². The molecule has 0 unspecified atom stereocenters. The lowest BCUT2D eigenvalue weighted by atomic mass is 10.3. The number of hydrogen-bond donors (Lipinski definition) is 1. The van der Waals surface area contributed by atoms with Gasteiger partial charge in [0.05, 0.1) is 17.4 Å². The van der Waals surface area contributed by atoms with Gasteiger partial charge >= 0.3 is 0 Å². The van der Waals surface area contributed by atoms with Crippen molar-refractivity contribution in [1.82, 2.24) is 9.97 Å². The Morgan fingerprint density at radius 1 is 1.21 bits per heavy atom. The van der Waals surface area contributed by atoms with Gasteiger partial charge in [0.25, 0.3) is 0 Å². The van der Waals surface area contributed by atoms with Crippen LogP contribution in [-0.2, 0) is 9.84 Å². The van der Waals surface area contributed by atoms with Gasteiger partial charge in [-0.2, -0.15) is 0 Å². The van der Waals surface area contributed by atoms with Crippen LogP contribution in [0, 0.1) is 0 Å². The molecule has 1 aromatic carbocycles. The number of rotatable bonds is 0. The molecule has 0 amide bonds. The maximum atomic E-state index is 9.63. The topological polar surface area (TPSA) is 62.8 Å². The summed E-state index contributed by atoms with van der Waals surface area (Å²) in [6.07, 6.45) is 4.02. The fourth-order valence-corrected chi connectivity index (χ4v) is 0.880. The SMILES string of the molecule is CS(C)(=O)=O.c1ccc2[nH]cnc2c1. The van der Waals surface area contributed by atoms with Crippen LogP contribution in [0.4, 0.5) is 0 Å². The number of fused-ring (bicyclic) bond motifs is 1. The summed E-state index contributed by atoms with van der Waals surface area (Å²) in [6.45, 7) is 0. The molecule has 0 aliphatic rings. The monoisotopic (exact) mass is 212 g/mol. The Kier molecular flexibility index (Phi) is 3.24. The molecule has 0 spiro atoms. The summed E-state index contributed by atoms with van der Waals surface area (Å²) >= 11 is 0. The van der Waals surface area contributed by atoms with Crippen LogP contribution >= 0.6 is 0 Å². The van der Waals surface area contributed by atoms with Gasteiger partial charge in [0.2, 0.25) is 0 Å². The average Bonchev–Trinajstić information content (AvgIpc) is 2.47. The molecule has 0 saturated heterocycles. The minimum Gasteiger partial charge on any atom is -0.345 e. The normalized spacial score (nSPS) is 10.7. The number of imidazole rings is 1. The van der Waals surface area contributed by atoms with Gasteiger partial charge in [0.15, 0.2) is 0 Å². The third-order valence-corrected chi connectivity index (χ3v) is 1.33. The van der Waals surface area contributed by atoms with Crippen LogP contribution in [0.2, 0.25) is 0 Å². The fraction of sp³-hybridized carbons (Fsp3) is 0.222. The zero-order valence-electron chi connectivity index (χ0n) is 8.06. The van der Waals surface area contributed by atoms with E-state index in [1.807, 2.05) is 24.3 Å². The van der Waals surface area contributed by atoms with E-state index >= 15 is 0 Å². The van der Waals surface area contributed by atoms with Gasteiger partial charge in [-0.1, -0.05) is 12.1 Å². The van der Waals surface area contributed by atoms with Gasteiger partial charge in [-0.15, -0.1) is 0 Å². The molecule has 14 heavy (non-hydrogen) atoms. The standard InChI is InChI=1S/C7H6N2.C2H6O2S/c1-2-4-7-6(3-1)8-5-9-7;1-5(2,3)4/h1-5H,(H,8,9);1-2H3. The molecule has 0 fully saturated rings. The van der Waals surface area contributed by atoms with Crippen molar-refractivity contribution < 1.29 is 8.42 Å². The number of nitrogens with zero attached hydrogens (tertiary/aromatic N) is 1. The molecule has 0 aliphatic carbocycles. The first-order valence-electron chi connectivity index (χ1n) is 4.00. The number of sulfone groups is 1. The number of hydrogen-bond acceptors (Lipinski definition) is 3. The van der Waals surface area contributed by atoms with E-state index in [9.17, 15) is 8.42 Å². The quantitative estimate of drug-likeness (QED) is 0.714. The van der Waals surface area contributed by atoms with E-state index in [0.717, 1.165) is 23.5 Å². The Hall–Kier alpha value is -1.36. The first-order chi connectivity index (χ1) is 6.47. The van der Waals surface area contributed by atoms with Gasteiger partial charge in [0.1, 0.15) is 9.84 Å². The third-order valence-electron chi connectivity index (χ3n) is 1.33. The molecule has 1 aromatic heterocycles. The predicted molar refractivity (Wildman–Crippen MR) is 56.9 cm³/mol. The molecule has 0 saturated carbocycles. The van der Waals surface area contributed by atoms with Crippen molar-refractivity contribution in [3.63, 3.8) is 0 Å². The lowest BCUT2D eigenvalue weighted by molar-refractivity contribution is 0.607. The molecule has 76 valence electrons.